The second kappa shape index (κ2) is 4.32. The SMILES string of the molecule is Cc1cc(CNC(=O)c2cc(N)cn2C)on1. The predicted molar refractivity (Wildman–Crippen MR) is 62.2 cm³/mol. The van der Waals surface area contributed by atoms with Crippen molar-refractivity contribution in [1.29, 1.82) is 0 Å². The van der Waals surface area contributed by atoms with E-state index in [0.29, 0.717) is 23.7 Å². The molecule has 6 nitrogen and oxygen atoms in total. The van der Waals surface area contributed by atoms with Crippen LogP contribution >= 0.6 is 0 Å². The summed E-state index contributed by atoms with van der Waals surface area (Å²) in [4.78, 5) is 11.8. The van der Waals surface area contributed by atoms with E-state index in [2.05, 4.69) is 10.5 Å². The summed E-state index contributed by atoms with van der Waals surface area (Å²) in [6, 6.07) is 3.40. The second-order valence-corrected chi connectivity index (χ2v) is 3.89. The normalized spacial score (nSPS) is 10.5. The average molecular weight is 234 g/mol. The van der Waals surface area contributed by atoms with Crippen molar-refractivity contribution in [2.24, 2.45) is 7.05 Å². The molecule has 0 aliphatic rings. The van der Waals surface area contributed by atoms with Gasteiger partial charge in [-0.1, -0.05) is 5.16 Å². The third-order valence-corrected chi connectivity index (χ3v) is 2.36. The van der Waals surface area contributed by atoms with Gasteiger partial charge < -0.3 is 20.1 Å². The van der Waals surface area contributed by atoms with Crippen molar-refractivity contribution in [2.45, 2.75) is 13.5 Å². The number of hydrogen-bond acceptors (Lipinski definition) is 4. The second-order valence-electron chi connectivity index (χ2n) is 3.89. The maximum Gasteiger partial charge on any atom is 0.268 e. The number of carbonyl (C=O) groups is 1. The Morgan fingerprint density at radius 3 is 2.88 bits per heavy atom. The number of aromatic nitrogens is 2. The van der Waals surface area contributed by atoms with E-state index in [0.717, 1.165) is 5.69 Å². The van der Waals surface area contributed by atoms with Crippen molar-refractivity contribution in [3.63, 3.8) is 0 Å². The van der Waals surface area contributed by atoms with Crippen LogP contribution in [-0.4, -0.2) is 15.6 Å². The third-order valence-electron chi connectivity index (χ3n) is 2.36. The number of nitrogens with zero attached hydrogens (tertiary/aromatic N) is 2. The number of nitrogens with two attached hydrogens (primary N) is 1. The number of nitrogen functional groups attached to an aromatic ring is 1. The van der Waals surface area contributed by atoms with Crippen molar-refractivity contribution < 1.29 is 9.32 Å². The number of nitrogens with one attached hydrogen (secondary N) is 1. The minimum atomic E-state index is -0.196. The van der Waals surface area contributed by atoms with Gasteiger partial charge in [0, 0.05) is 19.3 Å². The summed E-state index contributed by atoms with van der Waals surface area (Å²) in [5.41, 5.74) is 7.46. The van der Waals surface area contributed by atoms with Crippen LogP contribution in [-0.2, 0) is 13.6 Å². The lowest BCUT2D eigenvalue weighted by Gasteiger charge is -2.03. The van der Waals surface area contributed by atoms with Crippen LogP contribution in [0, 0.1) is 6.92 Å². The molecule has 2 rings (SSSR count). The molecule has 0 saturated heterocycles. The standard InChI is InChI=1S/C11H14N4O2/c1-7-3-9(17-14-7)5-13-11(16)10-4-8(12)6-15(10)2/h3-4,6H,5,12H2,1-2H3,(H,13,16). The van der Waals surface area contributed by atoms with Gasteiger partial charge in [0.1, 0.15) is 5.69 Å². The Bertz CT molecular complexity index is 541. The Kier molecular flexibility index (Phi) is 2.86. The van der Waals surface area contributed by atoms with Gasteiger partial charge in [0.05, 0.1) is 17.9 Å². The van der Waals surface area contributed by atoms with Gasteiger partial charge in [-0.15, -0.1) is 0 Å². The van der Waals surface area contributed by atoms with Crippen LogP contribution in [0.1, 0.15) is 21.9 Å². The van der Waals surface area contributed by atoms with Gasteiger partial charge in [-0.3, -0.25) is 4.79 Å². The summed E-state index contributed by atoms with van der Waals surface area (Å²) in [7, 11) is 1.77. The van der Waals surface area contributed by atoms with Crippen LogP contribution in [0.25, 0.3) is 0 Å². The Morgan fingerprint density at radius 2 is 2.35 bits per heavy atom. The lowest BCUT2D eigenvalue weighted by atomic mass is 10.3. The summed E-state index contributed by atoms with van der Waals surface area (Å²) < 4.78 is 6.67. The number of rotatable bonds is 3. The van der Waals surface area contributed by atoms with E-state index >= 15 is 0 Å². The van der Waals surface area contributed by atoms with E-state index in [1.54, 1.807) is 29.9 Å². The topological polar surface area (TPSA) is 86.1 Å². The molecule has 0 bridgehead atoms. The molecule has 0 atom stereocenters. The van der Waals surface area contributed by atoms with Gasteiger partial charge in [-0.2, -0.15) is 0 Å². The zero-order valence-corrected chi connectivity index (χ0v) is 9.73. The summed E-state index contributed by atoms with van der Waals surface area (Å²) in [6.07, 6.45) is 1.69. The van der Waals surface area contributed by atoms with E-state index < -0.39 is 0 Å². The molecule has 0 spiro atoms. The fourth-order valence-corrected chi connectivity index (χ4v) is 1.57. The molecule has 0 saturated carbocycles. The maximum absolute atomic E-state index is 11.8. The van der Waals surface area contributed by atoms with Gasteiger partial charge in [-0.05, 0) is 13.0 Å². The van der Waals surface area contributed by atoms with E-state index in [-0.39, 0.29) is 5.91 Å². The minimum Gasteiger partial charge on any atom is -0.397 e. The highest BCUT2D eigenvalue weighted by atomic mass is 16.5. The highest BCUT2D eigenvalue weighted by Gasteiger charge is 2.11. The smallest absolute Gasteiger partial charge is 0.268 e. The molecule has 0 radical (unpaired) electrons. The van der Waals surface area contributed by atoms with Crippen LogP contribution in [0.15, 0.2) is 22.9 Å². The van der Waals surface area contributed by atoms with Gasteiger partial charge in [0.2, 0.25) is 0 Å². The molecule has 0 aliphatic heterocycles. The molecule has 6 heteroatoms. The van der Waals surface area contributed by atoms with Crippen LogP contribution in [0.5, 0.6) is 0 Å². The molecule has 0 unspecified atom stereocenters. The zero-order chi connectivity index (χ0) is 12.4. The lowest BCUT2D eigenvalue weighted by molar-refractivity contribution is 0.0939. The molecule has 0 aromatic carbocycles. The minimum absolute atomic E-state index is 0.196. The first-order chi connectivity index (χ1) is 8.06. The Morgan fingerprint density at radius 1 is 1.59 bits per heavy atom. The fraction of sp³-hybridized carbons (Fsp3) is 0.273. The first-order valence-corrected chi connectivity index (χ1v) is 5.18. The molecule has 1 amide bonds. The maximum atomic E-state index is 11.8. The van der Waals surface area contributed by atoms with Crippen molar-refractivity contribution >= 4 is 11.6 Å². The quantitative estimate of drug-likeness (QED) is 0.823. The molecule has 2 aromatic rings. The highest BCUT2D eigenvalue weighted by molar-refractivity contribution is 5.93. The molecule has 3 N–H and O–H groups in total. The molecule has 0 fully saturated rings. The molecule has 90 valence electrons. The zero-order valence-electron chi connectivity index (χ0n) is 9.73. The van der Waals surface area contributed by atoms with Crippen molar-refractivity contribution in [1.82, 2.24) is 15.0 Å². The molecule has 2 heterocycles. The third kappa shape index (κ3) is 2.47. The summed E-state index contributed by atoms with van der Waals surface area (Å²) >= 11 is 0. The highest BCUT2D eigenvalue weighted by Crippen LogP contribution is 2.09. The first-order valence-electron chi connectivity index (χ1n) is 5.18. The molecule has 2 aromatic heterocycles. The van der Waals surface area contributed by atoms with E-state index in [1.165, 1.54) is 0 Å². The van der Waals surface area contributed by atoms with Crippen molar-refractivity contribution in [3.8, 4) is 0 Å². The number of anilines is 1. The lowest BCUT2D eigenvalue weighted by Crippen LogP contribution is -2.24. The number of hydrogen-bond donors (Lipinski definition) is 2. The van der Waals surface area contributed by atoms with E-state index in [1.807, 2.05) is 6.92 Å². The van der Waals surface area contributed by atoms with Gasteiger partial charge in [-0.25, -0.2) is 0 Å². The predicted octanol–water partition coefficient (Wildman–Crippen LogP) is 0.834. The summed E-state index contributed by atoms with van der Waals surface area (Å²) in [5.74, 6) is 0.427. The van der Waals surface area contributed by atoms with Gasteiger partial charge in [0.15, 0.2) is 5.76 Å². The van der Waals surface area contributed by atoms with Crippen molar-refractivity contribution in [3.05, 3.63) is 35.5 Å². The van der Waals surface area contributed by atoms with Crippen LogP contribution in [0.2, 0.25) is 0 Å². The number of aryl methyl sites for hydroxylation is 2. The summed E-state index contributed by atoms with van der Waals surface area (Å²) in [6.45, 7) is 2.14. The molecule has 17 heavy (non-hydrogen) atoms. The van der Waals surface area contributed by atoms with Crippen LogP contribution < -0.4 is 11.1 Å². The Hall–Kier alpha value is -2.24. The first kappa shape index (κ1) is 11.3. The average Bonchev–Trinajstić information content (AvgIpc) is 2.81. The molecular weight excluding hydrogens is 220 g/mol. The Balaban J connectivity index is 2.00. The largest absolute Gasteiger partial charge is 0.397 e. The number of amides is 1. The Labute approximate surface area is 98.4 Å². The fourth-order valence-electron chi connectivity index (χ4n) is 1.57. The number of carbonyl (C=O) groups excluding carboxylic acids is 1. The van der Waals surface area contributed by atoms with E-state index in [9.17, 15) is 4.79 Å². The van der Waals surface area contributed by atoms with Gasteiger partial charge >= 0.3 is 0 Å². The van der Waals surface area contributed by atoms with Gasteiger partial charge in [0.25, 0.3) is 5.91 Å². The monoisotopic (exact) mass is 234 g/mol. The molecular formula is C11H14N4O2. The summed E-state index contributed by atoms with van der Waals surface area (Å²) in [5, 5.41) is 6.47. The molecule has 0 aliphatic carbocycles. The van der Waals surface area contributed by atoms with Crippen LogP contribution in [0.3, 0.4) is 0 Å². The van der Waals surface area contributed by atoms with E-state index in [4.69, 9.17) is 10.3 Å². The van der Waals surface area contributed by atoms with Crippen molar-refractivity contribution in [2.75, 3.05) is 5.73 Å². The van der Waals surface area contributed by atoms with Crippen LogP contribution in [0.4, 0.5) is 5.69 Å².